The smallest absolute Gasteiger partial charge is 0.273 e. The number of pyridine rings is 1. The zero-order valence-corrected chi connectivity index (χ0v) is 20.0. The molecule has 2 aromatic heterocycles. The molecule has 3 heterocycles. The molecule has 2 aliphatic rings. The summed E-state index contributed by atoms with van der Waals surface area (Å²) in [6.07, 6.45) is 4.58. The Morgan fingerprint density at radius 1 is 1.33 bits per heavy atom. The quantitative estimate of drug-likeness (QED) is 0.583. The molecule has 1 amide bonds. The zero-order valence-electron chi connectivity index (χ0n) is 19.2. The van der Waals surface area contributed by atoms with Crippen LogP contribution in [-0.2, 0) is 14.8 Å². The van der Waals surface area contributed by atoms with Crippen LogP contribution < -0.4 is 10.2 Å². The van der Waals surface area contributed by atoms with Gasteiger partial charge in [0.15, 0.2) is 5.69 Å². The number of sulfonamides is 1. The van der Waals surface area contributed by atoms with Crippen molar-refractivity contribution < 1.29 is 22.5 Å². The molecule has 10 nitrogen and oxygen atoms in total. The minimum absolute atomic E-state index is 0.130. The van der Waals surface area contributed by atoms with Gasteiger partial charge in [-0.05, 0) is 44.7 Å². The molecule has 33 heavy (non-hydrogen) atoms. The Labute approximate surface area is 194 Å². The molecular formula is C22H31N5O5S. The summed E-state index contributed by atoms with van der Waals surface area (Å²) in [5.41, 5.74) is 0.279. The number of nitrogens with zero attached hydrogens (tertiary/aromatic N) is 4. The molecule has 2 atom stereocenters. The van der Waals surface area contributed by atoms with Crippen LogP contribution in [0.25, 0.3) is 0 Å². The minimum Gasteiger partial charge on any atom is -0.383 e. The van der Waals surface area contributed by atoms with Crippen LogP contribution in [0.5, 0.6) is 0 Å². The molecular weight excluding hydrogens is 446 g/mol. The summed E-state index contributed by atoms with van der Waals surface area (Å²) in [6.45, 7) is 3.38. The molecule has 2 aromatic rings. The lowest BCUT2D eigenvalue weighted by Crippen LogP contribution is -2.50. The number of rotatable bonds is 9. The molecule has 0 aromatic carbocycles. The van der Waals surface area contributed by atoms with Gasteiger partial charge in [0.1, 0.15) is 16.5 Å². The summed E-state index contributed by atoms with van der Waals surface area (Å²) >= 11 is 0. The average Bonchev–Trinajstić information content (AvgIpc) is 3.53. The molecule has 0 radical (unpaired) electrons. The number of carbonyl (C=O) groups is 1. The molecule has 1 saturated heterocycles. The fourth-order valence-corrected chi connectivity index (χ4v) is 5.69. The molecule has 4 rings (SSSR count). The number of carbonyl (C=O) groups excluding carboxylic acids is 1. The second-order valence-electron chi connectivity index (χ2n) is 8.81. The van der Waals surface area contributed by atoms with E-state index in [1.165, 1.54) is 10.5 Å². The van der Waals surface area contributed by atoms with Crippen LogP contribution in [0.3, 0.4) is 0 Å². The van der Waals surface area contributed by atoms with E-state index in [1.54, 1.807) is 25.3 Å². The number of hydrogen-bond acceptors (Lipinski definition) is 8. The average molecular weight is 478 g/mol. The molecule has 1 N–H and O–H groups in total. The van der Waals surface area contributed by atoms with E-state index in [1.807, 2.05) is 18.9 Å². The Balaban J connectivity index is 1.35. The van der Waals surface area contributed by atoms with Crippen LogP contribution in [0, 0.1) is 0 Å². The van der Waals surface area contributed by atoms with Crippen molar-refractivity contribution in [1.82, 2.24) is 19.8 Å². The third-order valence-corrected chi connectivity index (χ3v) is 8.24. The van der Waals surface area contributed by atoms with E-state index in [4.69, 9.17) is 9.26 Å². The van der Waals surface area contributed by atoms with Gasteiger partial charge in [-0.25, -0.2) is 13.4 Å². The number of amides is 1. The molecule has 0 spiro atoms. The summed E-state index contributed by atoms with van der Waals surface area (Å²) < 4.78 is 38.2. The molecule has 2 fully saturated rings. The Morgan fingerprint density at radius 2 is 2.12 bits per heavy atom. The predicted molar refractivity (Wildman–Crippen MR) is 122 cm³/mol. The Morgan fingerprint density at radius 3 is 2.76 bits per heavy atom. The van der Waals surface area contributed by atoms with Gasteiger partial charge in [0.25, 0.3) is 5.91 Å². The van der Waals surface area contributed by atoms with Crippen LogP contribution in [-0.4, -0.2) is 74.7 Å². The molecule has 180 valence electrons. The minimum atomic E-state index is -3.69. The third-order valence-electron chi connectivity index (χ3n) is 6.24. The lowest BCUT2D eigenvalue weighted by molar-refractivity contribution is 0.0905. The van der Waals surface area contributed by atoms with E-state index >= 15 is 0 Å². The highest BCUT2D eigenvalue weighted by molar-refractivity contribution is 7.89. The largest absolute Gasteiger partial charge is 0.383 e. The van der Waals surface area contributed by atoms with Crippen LogP contribution >= 0.6 is 0 Å². The number of aromatic nitrogens is 2. The molecule has 0 unspecified atom stereocenters. The maximum absolute atomic E-state index is 13.2. The highest BCUT2D eigenvalue weighted by atomic mass is 32.2. The topological polar surface area (TPSA) is 118 Å². The van der Waals surface area contributed by atoms with Gasteiger partial charge in [-0.15, -0.1) is 0 Å². The van der Waals surface area contributed by atoms with Crippen LogP contribution in [0.1, 0.15) is 54.8 Å². The molecule has 11 heteroatoms. The first-order valence-corrected chi connectivity index (χ1v) is 12.7. The summed E-state index contributed by atoms with van der Waals surface area (Å²) in [5.74, 6) is 1.55. The van der Waals surface area contributed by atoms with Crippen molar-refractivity contribution >= 4 is 21.7 Å². The van der Waals surface area contributed by atoms with Gasteiger partial charge in [-0.1, -0.05) is 5.16 Å². The maximum Gasteiger partial charge on any atom is 0.273 e. The van der Waals surface area contributed by atoms with Crippen molar-refractivity contribution in [2.24, 2.45) is 0 Å². The monoisotopic (exact) mass is 477 g/mol. The number of nitrogens with one attached hydrogen (secondary N) is 1. The number of likely N-dealkylation sites (N-methyl/N-ethyl adjacent to an activating group) is 1. The van der Waals surface area contributed by atoms with E-state index < -0.39 is 10.0 Å². The predicted octanol–water partition coefficient (Wildman–Crippen LogP) is 2.00. The van der Waals surface area contributed by atoms with Crippen LogP contribution in [0.15, 0.2) is 33.8 Å². The van der Waals surface area contributed by atoms with Gasteiger partial charge in [0.2, 0.25) is 10.0 Å². The number of anilines is 1. The second-order valence-corrected chi connectivity index (χ2v) is 10.7. The fourth-order valence-electron chi connectivity index (χ4n) is 4.08. The summed E-state index contributed by atoms with van der Waals surface area (Å²) in [4.78, 5) is 18.9. The van der Waals surface area contributed by atoms with Gasteiger partial charge < -0.3 is 19.5 Å². The first-order chi connectivity index (χ1) is 15.8. The fraction of sp³-hybridized carbons (Fsp3) is 0.591. The molecule has 1 saturated carbocycles. The van der Waals surface area contributed by atoms with Gasteiger partial charge in [0.05, 0.1) is 6.61 Å². The number of methoxy groups -OCH3 is 1. The standard InChI is InChI=1S/C22H31N5O5S/c1-15-12-17(24-22(28)19-13-20(32-25-19)16-4-5-16)8-9-27(15)33(29,30)18-6-7-21(23-14-18)26(2)10-11-31-3/h6-7,13-17H,4-5,8-12H2,1-3H3,(H,24,28)/t15-,17+/m1/s1. The maximum atomic E-state index is 13.2. The summed E-state index contributed by atoms with van der Waals surface area (Å²) in [5, 5.41) is 6.86. The Hall–Kier alpha value is -2.50. The molecule has 1 aliphatic carbocycles. The van der Waals surface area contributed by atoms with Gasteiger partial charge >= 0.3 is 0 Å². The lowest BCUT2D eigenvalue weighted by Gasteiger charge is -2.36. The summed E-state index contributed by atoms with van der Waals surface area (Å²) in [6, 6.07) is 4.60. The van der Waals surface area contributed by atoms with Crippen molar-refractivity contribution in [3.63, 3.8) is 0 Å². The van der Waals surface area contributed by atoms with E-state index in [9.17, 15) is 13.2 Å². The zero-order chi connectivity index (χ0) is 23.6. The third kappa shape index (κ3) is 5.36. The highest BCUT2D eigenvalue weighted by Crippen LogP contribution is 2.40. The summed E-state index contributed by atoms with van der Waals surface area (Å²) in [7, 11) is -0.178. The molecule has 1 aliphatic heterocycles. The number of piperidine rings is 1. The van der Waals surface area contributed by atoms with E-state index in [-0.39, 0.29) is 28.6 Å². The molecule has 0 bridgehead atoms. The Bertz CT molecular complexity index is 1070. The van der Waals surface area contributed by atoms with E-state index in [2.05, 4.69) is 15.5 Å². The highest BCUT2D eigenvalue weighted by Gasteiger charge is 2.36. The van der Waals surface area contributed by atoms with Crippen molar-refractivity contribution in [2.75, 3.05) is 38.8 Å². The second kappa shape index (κ2) is 9.78. The first kappa shape index (κ1) is 23.7. The van der Waals surface area contributed by atoms with Crippen LogP contribution in [0.2, 0.25) is 0 Å². The number of hydrogen-bond donors (Lipinski definition) is 1. The first-order valence-electron chi connectivity index (χ1n) is 11.2. The van der Waals surface area contributed by atoms with Crippen LogP contribution in [0.4, 0.5) is 5.82 Å². The van der Waals surface area contributed by atoms with Gasteiger partial charge in [-0.3, -0.25) is 4.79 Å². The SMILES string of the molecule is COCCN(C)c1ccc(S(=O)(=O)N2CC[C@H](NC(=O)c3cc(C4CC4)on3)C[C@H]2C)cn1. The van der Waals surface area contributed by atoms with Gasteiger partial charge in [-0.2, -0.15) is 4.31 Å². The van der Waals surface area contributed by atoms with E-state index in [0.717, 1.165) is 18.6 Å². The van der Waals surface area contributed by atoms with Crippen molar-refractivity contribution in [1.29, 1.82) is 0 Å². The lowest BCUT2D eigenvalue weighted by atomic mass is 10.0. The van der Waals surface area contributed by atoms with Crippen molar-refractivity contribution in [3.05, 3.63) is 35.9 Å². The Kier molecular flexibility index (Phi) is 7.01. The van der Waals surface area contributed by atoms with Crippen molar-refractivity contribution in [2.45, 2.75) is 55.5 Å². The van der Waals surface area contributed by atoms with E-state index in [0.29, 0.717) is 44.3 Å². The van der Waals surface area contributed by atoms with Gasteiger partial charge in [0, 0.05) is 57.5 Å². The normalized spacial score (nSPS) is 21.7. The van der Waals surface area contributed by atoms with Crippen molar-refractivity contribution in [3.8, 4) is 0 Å². The number of ether oxygens (including phenoxy) is 1.